The summed E-state index contributed by atoms with van der Waals surface area (Å²) in [6, 6.07) is 18.1. The number of carbonyl (C=O) groups excluding carboxylic acids is 1. The molecule has 1 amide bonds. The Bertz CT molecular complexity index is 1620. The zero-order chi connectivity index (χ0) is 27.0. The summed E-state index contributed by atoms with van der Waals surface area (Å²) in [5.41, 5.74) is 8.29. The summed E-state index contributed by atoms with van der Waals surface area (Å²) in [5.74, 6) is 0.842. The smallest absolute Gasteiger partial charge is 0.259 e. The van der Waals surface area contributed by atoms with E-state index in [2.05, 4.69) is 100 Å². The average molecular weight is 590 g/mol. The molecule has 5 rings (SSSR count). The second-order valence-corrected chi connectivity index (χ2v) is 11.5. The number of rotatable bonds is 7. The number of aryl methyl sites for hydroxylation is 4. The molecule has 5 aromatic rings. The van der Waals surface area contributed by atoms with Crippen LogP contribution < -0.4 is 5.32 Å². The van der Waals surface area contributed by atoms with Gasteiger partial charge in [-0.05, 0) is 72.4 Å². The number of nitrogens with zero attached hydrogens (tertiary/aromatic N) is 2. The Morgan fingerprint density at radius 2 is 1.74 bits per heavy atom. The topological polar surface area (TPSA) is 82.9 Å². The highest BCUT2D eigenvalue weighted by atomic mass is 79.9. The maximum Gasteiger partial charge on any atom is 0.259 e. The highest BCUT2D eigenvalue weighted by Crippen LogP contribution is 2.39. The molecule has 2 heterocycles. The number of H-pyrrole nitrogens is 1. The Morgan fingerprint density at radius 1 is 1.03 bits per heavy atom. The molecular formula is C30H29BrN4O2S. The number of aromatic amines is 1. The predicted octanol–water partition coefficient (Wildman–Crippen LogP) is 7.66. The number of phenols is 1. The van der Waals surface area contributed by atoms with Crippen molar-refractivity contribution in [3.8, 4) is 5.75 Å². The van der Waals surface area contributed by atoms with Gasteiger partial charge in [0.05, 0.1) is 15.6 Å². The largest absolute Gasteiger partial charge is 0.507 e. The molecule has 0 saturated heterocycles. The lowest BCUT2D eigenvalue weighted by Gasteiger charge is -2.15. The SMILES string of the molecule is Cc1ccc(Cn2c(CSc3c(C)cc(C)cc3C)c(C(=O)Nc3cc[nH]n3)c3cc(O)c(Br)cc32)cc1. The summed E-state index contributed by atoms with van der Waals surface area (Å²) in [5, 5.41) is 21.1. The van der Waals surface area contributed by atoms with Crippen LogP contribution in [0.2, 0.25) is 0 Å². The molecule has 38 heavy (non-hydrogen) atoms. The Kier molecular flexibility index (Phi) is 7.36. The minimum Gasteiger partial charge on any atom is -0.507 e. The number of carbonyl (C=O) groups is 1. The van der Waals surface area contributed by atoms with Crippen molar-refractivity contribution in [3.05, 3.63) is 104 Å². The molecule has 3 N–H and O–H groups in total. The van der Waals surface area contributed by atoms with Crippen molar-refractivity contribution in [2.75, 3.05) is 5.32 Å². The molecule has 0 radical (unpaired) electrons. The van der Waals surface area contributed by atoms with Crippen molar-refractivity contribution in [2.24, 2.45) is 0 Å². The molecule has 194 valence electrons. The van der Waals surface area contributed by atoms with E-state index in [0.717, 1.165) is 16.8 Å². The van der Waals surface area contributed by atoms with Gasteiger partial charge in [0.1, 0.15) is 5.75 Å². The fourth-order valence-corrected chi connectivity index (χ4v) is 6.40. The first-order chi connectivity index (χ1) is 18.2. The maximum absolute atomic E-state index is 13.8. The summed E-state index contributed by atoms with van der Waals surface area (Å²) in [6.45, 7) is 9.02. The molecular weight excluding hydrogens is 560 g/mol. The van der Waals surface area contributed by atoms with Crippen LogP contribution in [-0.2, 0) is 12.3 Å². The molecule has 0 aliphatic rings. The van der Waals surface area contributed by atoms with Crippen molar-refractivity contribution < 1.29 is 9.90 Å². The van der Waals surface area contributed by atoms with Crippen molar-refractivity contribution >= 4 is 50.3 Å². The van der Waals surface area contributed by atoms with Crippen molar-refractivity contribution in [1.29, 1.82) is 0 Å². The van der Waals surface area contributed by atoms with Gasteiger partial charge in [-0.25, -0.2) is 0 Å². The molecule has 8 heteroatoms. The third-order valence-electron chi connectivity index (χ3n) is 6.63. The third kappa shape index (κ3) is 5.24. The lowest BCUT2D eigenvalue weighted by atomic mass is 10.1. The van der Waals surface area contributed by atoms with Crippen molar-refractivity contribution in [2.45, 2.75) is 44.9 Å². The zero-order valence-electron chi connectivity index (χ0n) is 21.7. The molecule has 3 aromatic carbocycles. The van der Waals surface area contributed by atoms with E-state index < -0.39 is 0 Å². The highest BCUT2D eigenvalue weighted by molar-refractivity contribution is 9.10. The van der Waals surface area contributed by atoms with Gasteiger partial charge in [0.15, 0.2) is 5.82 Å². The van der Waals surface area contributed by atoms with Gasteiger partial charge in [0, 0.05) is 40.5 Å². The first kappa shape index (κ1) is 26.1. The molecule has 0 bridgehead atoms. The molecule has 0 fully saturated rings. The molecule has 0 unspecified atom stereocenters. The molecule has 0 atom stereocenters. The van der Waals surface area contributed by atoms with Gasteiger partial charge in [0.25, 0.3) is 5.91 Å². The van der Waals surface area contributed by atoms with Crippen molar-refractivity contribution in [1.82, 2.24) is 14.8 Å². The standard InChI is InChI=1S/C30H29BrN4O2S/c1-17-5-7-21(8-6-17)15-35-24-14-23(31)26(36)13-22(24)28(30(37)33-27-9-10-32-34-27)25(35)16-38-29-19(3)11-18(2)12-20(29)4/h5-14,36H,15-16H2,1-4H3,(H2,32,33,34,37). The summed E-state index contributed by atoms with van der Waals surface area (Å²) in [6.07, 6.45) is 1.67. The highest BCUT2D eigenvalue weighted by Gasteiger charge is 2.25. The van der Waals surface area contributed by atoms with Gasteiger partial charge in [0.2, 0.25) is 0 Å². The molecule has 0 saturated carbocycles. The summed E-state index contributed by atoms with van der Waals surface area (Å²) < 4.78 is 2.77. The number of anilines is 1. The van der Waals surface area contributed by atoms with E-state index in [9.17, 15) is 9.90 Å². The number of phenolic OH excluding ortho intramolecular Hbond substituents is 1. The maximum atomic E-state index is 13.8. The average Bonchev–Trinajstić information content (AvgIpc) is 3.46. The number of halogens is 1. The Labute approximate surface area is 234 Å². The number of benzene rings is 3. The molecule has 2 aromatic heterocycles. The minimum absolute atomic E-state index is 0.0863. The summed E-state index contributed by atoms with van der Waals surface area (Å²) in [7, 11) is 0. The van der Waals surface area contributed by atoms with Crippen LogP contribution in [0.1, 0.15) is 43.9 Å². The van der Waals surface area contributed by atoms with E-state index in [1.54, 1.807) is 30.1 Å². The van der Waals surface area contributed by atoms with Crippen LogP contribution >= 0.6 is 27.7 Å². The van der Waals surface area contributed by atoms with Crippen LogP contribution in [0.3, 0.4) is 0 Å². The van der Waals surface area contributed by atoms with Crippen LogP contribution in [0, 0.1) is 27.7 Å². The van der Waals surface area contributed by atoms with E-state index in [0.29, 0.717) is 33.5 Å². The number of thioether (sulfide) groups is 1. The number of amides is 1. The summed E-state index contributed by atoms with van der Waals surface area (Å²) >= 11 is 5.21. The second kappa shape index (κ2) is 10.7. The van der Waals surface area contributed by atoms with Gasteiger partial charge in [-0.1, -0.05) is 47.5 Å². The fourth-order valence-electron chi connectivity index (χ4n) is 4.91. The van der Waals surface area contributed by atoms with Gasteiger partial charge >= 0.3 is 0 Å². The molecule has 0 aliphatic carbocycles. The van der Waals surface area contributed by atoms with Gasteiger partial charge in [-0.2, -0.15) is 5.10 Å². The lowest BCUT2D eigenvalue weighted by molar-refractivity contribution is 0.102. The quantitative estimate of drug-likeness (QED) is 0.170. The second-order valence-electron chi connectivity index (χ2n) is 9.64. The number of hydrogen-bond donors (Lipinski definition) is 3. The van der Waals surface area contributed by atoms with Crippen LogP contribution in [0.25, 0.3) is 10.9 Å². The summed E-state index contributed by atoms with van der Waals surface area (Å²) in [4.78, 5) is 15.0. The van der Waals surface area contributed by atoms with Crippen LogP contribution in [-0.4, -0.2) is 25.8 Å². The van der Waals surface area contributed by atoms with Crippen molar-refractivity contribution in [3.63, 3.8) is 0 Å². The number of aromatic hydroxyl groups is 1. The van der Waals surface area contributed by atoms with E-state index in [4.69, 9.17) is 0 Å². The third-order valence-corrected chi connectivity index (χ3v) is 8.61. The Hall–Kier alpha value is -3.49. The molecule has 6 nitrogen and oxygen atoms in total. The first-order valence-electron chi connectivity index (χ1n) is 12.3. The van der Waals surface area contributed by atoms with Crippen LogP contribution in [0.4, 0.5) is 5.82 Å². The minimum atomic E-state index is -0.264. The van der Waals surface area contributed by atoms with Gasteiger partial charge < -0.3 is 15.0 Å². The fraction of sp³-hybridized carbons (Fsp3) is 0.200. The van der Waals surface area contributed by atoms with Crippen LogP contribution in [0.15, 0.2) is 70.2 Å². The number of aromatic nitrogens is 3. The molecule has 0 spiro atoms. The predicted molar refractivity (Wildman–Crippen MR) is 158 cm³/mol. The van der Waals surface area contributed by atoms with Gasteiger partial charge in [-0.15, -0.1) is 11.8 Å². The van der Waals surface area contributed by atoms with E-state index in [1.165, 1.54) is 27.1 Å². The number of hydrogen-bond acceptors (Lipinski definition) is 4. The molecule has 0 aliphatic heterocycles. The Balaban J connectivity index is 1.68. The monoisotopic (exact) mass is 588 g/mol. The van der Waals surface area contributed by atoms with Crippen LogP contribution in [0.5, 0.6) is 5.75 Å². The van der Waals surface area contributed by atoms with E-state index in [-0.39, 0.29) is 11.7 Å². The van der Waals surface area contributed by atoms with E-state index >= 15 is 0 Å². The van der Waals surface area contributed by atoms with E-state index in [1.807, 2.05) is 6.07 Å². The number of nitrogens with one attached hydrogen (secondary N) is 2. The Morgan fingerprint density at radius 3 is 2.39 bits per heavy atom. The first-order valence-corrected chi connectivity index (χ1v) is 14.1. The zero-order valence-corrected chi connectivity index (χ0v) is 24.1. The normalized spacial score (nSPS) is 11.3. The lowest BCUT2D eigenvalue weighted by Crippen LogP contribution is -2.15. The van der Waals surface area contributed by atoms with Gasteiger partial charge in [-0.3, -0.25) is 9.89 Å². The number of fused-ring (bicyclic) bond motifs is 1.